The number of carbonyl (C=O) groups excluding carboxylic acids is 1. The number of anilines is 1. The summed E-state index contributed by atoms with van der Waals surface area (Å²) in [6.45, 7) is 1.72. The molecule has 0 spiro atoms. The maximum atomic E-state index is 13.2. The number of ether oxygens (including phenoxy) is 1. The van der Waals surface area contributed by atoms with Crippen LogP contribution in [0.1, 0.15) is 60.0 Å². The highest BCUT2D eigenvalue weighted by atomic mass is 19.4. The minimum absolute atomic E-state index is 0.0756. The zero-order chi connectivity index (χ0) is 25.7. The average molecular weight is 504 g/mol. The number of amides is 1. The molecule has 2 N–H and O–H groups in total. The van der Waals surface area contributed by atoms with Crippen LogP contribution in [0.15, 0.2) is 30.6 Å². The Bertz CT molecular complexity index is 1090. The average Bonchev–Trinajstić information content (AvgIpc) is 2.89. The molecule has 4 rings (SSSR count). The molecule has 1 aromatic carbocycles. The SMILES string of the molecule is N#Cc1ccc(O[C@H]2CC[C@H](NC(=O)c3cnc(N4CCC(CO)CC4)nc3)CC2)cc1C(F)(F)F. The van der Waals surface area contributed by atoms with E-state index in [0.29, 0.717) is 43.1 Å². The highest BCUT2D eigenvalue weighted by molar-refractivity contribution is 5.93. The quantitative estimate of drug-likeness (QED) is 0.618. The van der Waals surface area contributed by atoms with Gasteiger partial charge in [-0.05, 0) is 62.6 Å². The van der Waals surface area contributed by atoms with Gasteiger partial charge in [0.2, 0.25) is 5.95 Å². The monoisotopic (exact) mass is 503 g/mol. The van der Waals surface area contributed by atoms with Crippen LogP contribution >= 0.6 is 0 Å². The third kappa shape index (κ3) is 6.23. The molecule has 1 aliphatic heterocycles. The van der Waals surface area contributed by atoms with Crippen LogP contribution in [0.5, 0.6) is 5.75 Å². The molecule has 11 heteroatoms. The summed E-state index contributed by atoms with van der Waals surface area (Å²) in [6, 6.07) is 4.84. The van der Waals surface area contributed by atoms with Gasteiger partial charge in [0.1, 0.15) is 5.75 Å². The van der Waals surface area contributed by atoms with E-state index in [1.807, 2.05) is 4.90 Å². The summed E-state index contributed by atoms with van der Waals surface area (Å²) in [6.07, 6.45) is 2.26. The zero-order valence-electron chi connectivity index (χ0n) is 19.7. The van der Waals surface area contributed by atoms with Gasteiger partial charge in [0.15, 0.2) is 0 Å². The van der Waals surface area contributed by atoms with Crippen LogP contribution in [0.4, 0.5) is 19.1 Å². The standard InChI is InChI=1S/C25H28F3N5O3/c26-25(27,28)22-11-21(4-1-17(22)12-29)36-20-5-2-19(3-6-20)32-23(35)18-13-30-24(31-14-18)33-9-7-16(15-34)8-10-33/h1,4,11,13-14,16,19-20,34H,2-3,5-10,15H2,(H,32,35)/t19-,20-. The van der Waals surface area contributed by atoms with Crippen LogP contribution in [0.2, 0.25) is 0 Å². The Kier molecular flexibility index (Phi) is 7.94. The first-order chi connectivity index (χ1) is 17.3. The number of nitrogens with one attached hydrogen (secondary N) is 1. The van der Waals surface area contributed by atoms with Gasteiger partial charge in [-0.2, -0.15) is 18.4 Å². The number of aliphatic hydroxyl groups excluding tert-OH is 1. The predicted octanol–water partition coefficient (Wildman–Crippen LogP) is 3.70. The molecule has 1 saturated carbocycles. The Morgan fingerprint density at radius 3 is 2.39 bits per heavy atom. The number of benzene rings is 1. The Morgan fingerprint density at radius 1 is 1.14 bits per heavy atom. The number of carbonyl (C=O) groups is 1. The molecule has 192 valence electrons. The number of nitrogens with zero attached hydrogens (tertiary/aromatic N) is 4. The lowest BCUT2D eigenvalue weighted by Crippen LogP contribution is -2.40. The van der Waals surface area contributed by atoms with Crippen molar-refractivity contribution in [2.24, 2.45) is 5.92 Å². The number of halogens is 3. The second kappa shape index (κ2) is 11.1. The van der Waals surface area contributed by atoms with E-state index < -0.39 is 17.3 Å². The third-order valence-electron chi connectivity index (χ3n) is 6.79. The molecule has 2 aliphatic rings. The molecule has 0 atom stereocenters. The Morgan fingerprint density at radius 2 is 1.81 bits per heavy atom. The van der Waals surface area contributed by atoms with Gasteiger partial charge >= 0.3 is 6.18 Å². The molecule has 0 radical (unpaired) electrons. The zero-order valence-corrected chi connectivity index (χ0v) is 19.7. The minimum Gasteiger partial charge on any atom is -0.490 e. The number of aromatic nitrogens is 2. The lowest BCUT2D eigenvalue weighted by atomic mass is 9.92. The highest BCUT2D eigenvalue weighted by Gasteiger charge is 2.34. The van der Waals surface area contributed by atoms with Crippen LogP contribution in [0, 0.1) is 17.2 Å². The molecule has 2 aromatic rings. The fourth-order valence-corrected chi connectivity index (χ4v) is 4.63. The number of aliphatic hydroxyl groups is 1. The summed E-state index contributed by atoms with van der Waals surface area (Å²) < 4.78 is 45.3. The molecule has 1 saturated heterocycles. The van der Waals surface area contributed by atoms with Crippen molar-refractivity contribution < 1.29 is 27.8 Å². The van der Waals surface area contributed by atoms with E-state index in [2.05, 4.69) is 15.3 Å². The molecule has 36 heavy (non-hydrogen) atoms. The van der Waals surface area contributed by atoms with Crippen molar-refractivity contribution in [2.45, 2.75) is 56.8 Å². The first kappa shape index (κ1) is 25.7. The maximum Gasteiger partial charge on any atom is 0.417 e. The molecule has 2 fully saturated rings. The molecule has 0 bridgehead atoms. The number of piperidine rings is 1. The maximum absolute atomic E-state index is 13.2. The summed E-state index contributed by atoms with van der Waals surface area (Å²) in [5, 5.41) is 21.2. The summed E-state index contributed by atoms with van der Waals surface area (Å²) in [5.41, 5.74) is -1.09. The largest absolute Gasteiger partial charge is 0.490 e. The highest BCUT2D eigenvalue weighted by Crippen LogP contribution is 2.35. The van der Waals surface area contributed by atoms with Crippen molar-refractivity contribution in [1.29, 1.82) is 5.26 Å². The second-order valence-corrected chi connectivity index (χ2v) is 9.27. The van der Waals surface area contributed by atoms with Gasteiger partial charge in [-0.15, -0.1) is 0 Å². The lowest BCUT2D eigenvalue weighted by Gasteiger charge is -2.31. The predicted molar refractivity (Wildman–Crippen MR) is 124 cm³/mol. The van der Waals surface area contributed by atoms with E-state index in [0.717, 1.165) is 38.1 Å². The number of nitriles is 1. The smallest absolute Gasteiger partial charge is 0.417 e. The first-order valence-corrected chi connectivity index (χ1v) is 12.0. The van der Waals surface area contributed by atoms with Crippen LogP contribution in [-0.4, -0.2) is 52.8 Å². The molecular formula is C25H28F3N5O3. The summed E-state index contributed by atoms with van der Waals surface area (Å²) in [5.74, 6) is 0.684. The third-order valence-corrected chi connectivity index (χ3v) is 6.79. The van der Waals surface area contributed by atoms with E-state index in [-0.39, 0.29) is 30.4 Å². The van der Waals surface area contributed by atoms with Crippen molar-refractivity contribution in [3.8, 4) is 11.8 Å². The number of hydrogen-bond acceptors (Lipinski definition) is 7. The van der Waals surface area contributed by atoms with Crippen molar-refractivity contribution in [1.82, 2.24) is 15.3 Å². The lowest BCUT2D eigenvalue weighted by molar-refractivity contribution is -0.137. The second-order valence-electron chi connectivity index (χ2n) is 9.27. The van der Waals surface area contributed by atoms with E-state index in [4.69, 9.17) is 10.00 Å². The van der Waals surface area contributed by atoms with Gasteiger partial charge in [-0.1, -0.05) is 0 Å². The van der Waals surface area contributed by atoms with Gasteiger partial charge in [0.25, 0.3) is 5.91 Å². The van der Waals surface area contributed by atoms with E-state index in [1.165, 1.54) is 18.5 Å². The molecule has 8 nitrogen and oxygen atoms in total. The van der Waals surface area contributed by atoms with Crippen molar-refractivity contribution >= 4 is 11.9 Å². The molecule has 2 heterocycles. The van der Waals surface area contributed by atoms with Gasteiger partial charge in [-0.3, -0.25) is 4.79 Å². The van der Waals surface area contributed by atoms with E-state index in [9.17, 15) is 23.1 Å². The Balaban J connectivity index is 1.26. The van der Waals surface area contributed by atoms with Crippen LogP contribution in [0.25, 0.3) is 0 Å². The van der Waals surface area contributed by atoms with Crippen LogP contribution in [-0.2, 0) is 6.18 Å². The van der Waals surface area contributed by atoms with Gasteiger partial charge in [0.05, 0.1) is 28.9 Å². The first-order valence-electron chi connectivity index (χ1n) is 12.0. The fraction of sp³-hybridized carbons (Fsp3) is 0.520. The molecular weight excluding hydrogens is 475 g/mol. The number of hydrogen-bond donors (Lipinski definition) is 2. The Labute approximate surface area is 207 Å². The van der Waals surface area contributed by atoms with Crippen LogP contribution < -0.4 is 15.0 Å². The molecule has 1 aliphatic carbocycles. The van der Waals surface area contributed by atoms with Crippen molar-refractivity contribution in [2.75, 3.05) is 24.6 Å². The molecule has 1 aromatic heterocycles. The summed E-state index contributed by atoms with van der Waals surface area (Å²) in [7, 11) is 0. The van der Waals surface area contributed by atoms with Gasteiger partial charge in [0, 0.05) is 38.1 Å². The summed E-state index contributed by atoms with van der Waals surface area (Å²) >= 11 is 0. The van der Waals surface area contributed by atoms with E-state index >= 15 is 0 Å². The number of alkyl halides is 3. The van der Waals surface area contributed by atoms with Crippen molar-refractivity contribution in [3.05, 3.63) is 47.3 Å². The summed E-state index contributed by atoms with van der Waals surface area (Å²) in [4.78, 5) is 23.4. The molecule has 1 amide bonds. The van der Waals surface area contributed by atoms with E-state index in [1.54, 1.807) is 6.07 Å². The number of rotatable bonds is 6. The van der Waals surface area contributed by atoms with Crippen LogP contribution in [0.3, 0.4) is 0 Å². The van der Waals surface area contributed by atoms with Gasteiger partial charge in [-0.25, -0.2) is 9.97 Å². The fourth-order valence-electron chi connectivity index (χ4n) is 4.63. The van der Waals surface area contributed by atoms with Gasteiger partial charge < -0.3 is 20.1 Å². The van der Waals surface area contributed by atoms with Crippen molar-refractivity contribution in [3.63, 3.8) is 0 Å². The topological polar surface area (TPSA) is 111 Å². The molecule has 0 unspecified atom stereocenters. The minimum atomic E-state index is -4.63. The normalized spacial score (nSPS) is 21.0. The Hall–Kier alpha value is -3.39.